The van der Waals surface area contributed by atoms with Crippen molar-refractivity contribution in [3.63, 3.8) is 0 Å². The predicted octanol–water partition coefficient (Wildman–Crippen LogP) is 4.52. The zero-order chi connectivity index (χ0) is 17.1. The highest BCUT2D eigenvalue weighted by molar-refractivity contribution is 6.04. The number of nitrogens with one attached hydrogen (secondary N) is 1. The fourth-order valence-electron chi connectivity index (χ4n) is 2.34. The van der Waals surface area contributed by atoms with Crippen LogP contribution in [0.5, 0.6) is 11.5 Å². The van der Waals surface area contributed by atoms with E-state index in [9.17, 15) is 9.18 Å². The molecule has 0 aliphatic carbocycles. The van der Waals surface area contributed by atoms with Crippen LogP contribution in [0, 0.1) is 12.7 Å². The summed E-state index contributed by atoms with van der Waals surface area (Å²) in [7, 11) is 1.83. The Balaban J connectivity index is 1.84. The summed E-state index contributed by atoms with van der Waals surface area (Å²) < 4.78 is 20.8. The van der Waals surface area contributed by atoms with Gasteiger partial charge in [-0.25, -0.2) is 4.39 Å². The molecule has 4 nitrogen and oxygen atoms in total. The van der Waals surface area contributed by atoms with Crippen LogP contribution in [-0.4, -0.2) is 10.5 Å². The Morgan fingerprint density at radius 3 is 2.58 bits per heavy atom. The largest absolute Gasteiger partial charge is 0.455 e. The number of hydrogen-bond acceptors (Lipinski definition) is 2. The van der Waals surface area contributed by atoms with Crippen LogP contribution in [0.4, 0.5) is 10.1 Å². The normalized spacial score (nSPS) is 10.5. The number of amides is 1. The molecule has 3 rings (SSSR count). The summed E-state index contributed by atoms with van der Waals surface area (Å²) in [4.78, 5) is 12.5. The fourth-order valence-corrected chi connectivity index (χ4v) is 2.34. The second-order valence-corrected chi connectivity index (χ2v) is 5.43. The van der Waals surface area contributed by atoms with Gasteiger partial charge < -0.3 is 14.6 Å². The number of nitrogens with zero attached hydrogens (tertiary/aromatic N) is 1. The second-order valence-electron chi connectivity index (χ2n) is 5.43. The Morgan fingerprint density at radius 2 is 1.88 bits per heavy atom. The average molecular weight is 324 g/mol. The van der Waals surface area contributed by atoms with Gasteiger partial charge in [0.05, 0.1) is 5.69 Å². The standard InChI is InChI=1S/C19H17FN2O2/c1-13-10-11-17(22(13)2)19(23)21-16-8-3-4-9-18(16)24-15-7-5-6-14(20)12-15/h3-12H,1-2H3,(H,21,23). The van der Waals surface area contributed by atoms with E-state index in [1.165, 1.54) is 12.1 Å². The first-order valence-corrected chi connectivity index (χ1v) is 7.51. The van der Waals surface area contributed by atoms with Gasteiger partial charge in [0.15, 0.2) is 5.75 Å². The molecule has 0 atom stereocenters. The van der Waals surface area contributed by atoms with Crippen molar-refractivity contribution in [3.8, 4) is 11.5 Å². The van der Waals surface area contributed by atoms with Crippen LogP contribution in [0.15, 0.2) is 60.7 Å². The number of para-hydroxylation sites is 2. The number of carbonyl (C=O) groups is 1. The summed E-state index contributed by atoms with van der Waals surface area (Å²) in [6.07, 6.45) is 0. The first-order chi connectivity index (χ1) is 11.5. The van der Waals surface area contributed by atoms with E-state index in [0.717, 1.165) is 5.69 Å². The molecule has 1 N–H and O–H groups in total. The molecule has 1 heterocycles. The smallest absolute Gasteiger partial charge is 0.272 e. The van der Waals surface area contributed by atoms with E-state index in [1.807, 2.05) is 24.6 Å². The Morgan fingerprint density at radius 1 is 1.08 bits per heavy atom. The minimum Gasteiger partial charge on any atom is -0.455 e. The zero-order valence-corrected chi connectivity index (χ0v) is 13.4. The lowest BCUT2D eigenvalue weighted by Crippen LogP contribution is -2.16. The van der Waals surface area contributed by atoms with Gasteiger partial charge in [-0.2, -0.15) is 0 Å². The van der Waals surface area contributed by atoms with Gasteiger partial charge in [0.25, 0.3) is 5.91 Å². The maximum Gasteiger partial charge on any atom is 0.272 e. The third-order valence-corrected chi connectivity index (χ3v) is 3.76. The van der Waals surface area contributed by atoms with Crippen molar-refractivity contribution in [2.45, 2.75) is 6.92 Å². The van der Waals surface area contributed by atoms with Crippen LogP contribution in [0.25, 0.3) is 0 Å². The van der Waals surface area contributed by atoms with Crippen LogP contribution < -0.4 is 10.1 Å². The SMILES string of the molecule is Cc1ccc(C(=O)Nc2ccccc2Oc2cccc(F)c2)n1C. The van der Waals surface area contributed by atoms with Gasteiger partial charge in [-0.3, -0.25) is 4.79 Å². The number of carbonyl (C=O) groups excluding carboxylic acids is 1. The van der Waals surface area contributed by atoms with E-state index in [2.05, 4.69) is 5.32 Å². The monoisotopic (exact) mass is 324 g/mol. The summed E-state index contributed by atoms with van der Waals surface area (Å²) in [5.41, 5.74) is 2.06. The molecule has 24 heavy (non-hydrogen) atoms. The van der Waals surface area contributed by atoms with Gasteiger partial charge in [-0.1, -0.05) is 18.2 Å². The molecule has 1 amide bonds. The lowest BCUT2D eigenvalue weighted by Gasteiger charge is -2.13. The molecule has 0 unspecified atom stereocenters. The van der Waals surface area contributed by atoms with Gasteiger partial charge >= 0.3 is 0 Å². The third kappa shape index (κ3) is 3.30. The Hall–Kier alpha value is -3.08. The van der Waals surface area contributed by atoms with E-state index >= 15 is 0 Å². The summed E-state index contributed by atoms with van der Waals surface area (Å²) in [6.45, 7) is 1.93. The molecule has 0 radical (unpaired) electrons. The molecule has 0 saturated heterocycles. The lowest BCUT2D eigenvalue weighted by atomic mass is 10.2. The van der Waals surface area contributed by atoms with Crippen molar-refractivity contribution in [1.82, 2.24) is 4.57 Å². The number of rotatable bonds is 4. The number of hydrogen-bond donors (Lipinski definition) is 1. The quantitative estimate of drug-likeness (QED) is 0.767. The molecule has 0 aliphatic rings. The van der Waals surface area contributed by atoms with E-state index in [4.69, 9.17) is 4.74 Å². The minimum atomic E-state index is -0.381. The van der Waals surface area contributed by atoms with Gasteiger partial charge in [0, 0.05) is 18.8 Å². The van der Waals surface area contributed by atoms with Crippen LogP contribution in [0.1, 0.15) is 16.2 Å². The molecule has 3 aromatic rings. The predicted molar refractivity (Wildman–Crippen MR) is 91.0 cm³/mol. The number of anilines is 1. The van der Waals surface area contributed by atoms with Gasteiger partial charge in [-0.05, 0) is 43.3 Å². The van der Waals surface area contributed by atoms with Crippen LogP contribution in [0.3, 0.4) is 0 Å². The van der Waals surface area contributed by atoms with Gasteiger partial charge in [-0.15, -0.1) is 0 Å². The maximum absolute atomic E-state index is 13.3. The summed E-state index contributed by atoms with van der Waals surface area (Å²) in [6, 6.07) is 16.5. The third-order valence-electron chi connectivity index (χ3n) is 3.76. The number of aryl methyl sites for hydroxylation is 1. The summed E-state index contributed by atoms with van der Waals surface area (Å²) >= 11 is 0. The van der Waals surface area contributed by atoms with Crippen molar-refractivity contribution in [2.75, 3.05) is 5.32 Å². The molecule has 0 aliphatic heterocycles. The molecule has 0 bridgehead atoms. The molecule has 2 aromatic carbocycles. The summed E-state index contributed by atoms with van der Waals surface area (Å²) in [5, 5.41) is 2.84. The van der Waals surface area contributed by atoms with Crippen LogP contribution in [-0.2, 0) is 7.05 Å². The van der Waals surface area contributed by atoms with Crippen molar-refractivity contribution < 1.29 is 13.9 Å². The first-order valence-electron chi connectivity index (χ1n) is 7.51. The topological polar surface area (TPSA) is 43.3 Å². The van der Waals surface area contributed by atoms with Crippen LogP contribution in [0.2, 0.25) is 0 Å². The van der Waals surface area contributed by atoms with Crippen LogP contribution >= 0.6 is 0 Å². The Kier molecular flexibility index (Phi) is 4.33. The van der Waals surface area contributed by atoms with E-state index in [-0.39, 0.29) is 11.7 Å². The number of benzene rings is 2. The molecule has 122 valence electrons. The summed E-state index contributed by atoms with van der Waals surface area (Å²) in [5.74, 6) is 0.197. The van der Waals surface area contributed by atoms with Crippen molar-refractivity contribution in [3.05, 3.63) is 77.9 Å². The number of aromatic nitrogens is 1. The highest BCUT2D eigenvalue weighted by Crippen LogP contribution is 2.30. The van der Waals surface area contributed by atoms with E-state index in [1.54, 1.807) is 42.5 Å². The van der Waals surface area contributed by atoms with Crippen molar-refractivity contribution in [1.29, 1.82) is 0 Å². The van der Waals surface area contributed by atoms with Gasteiger partial charge in [0.1, 0.15) is 17.3 Å². The van der Waals surface area contributed by atoms with E-state index in [0.29, 0.717) is 22.9 Å². The molecule has 0 saturated carbocycles. The number of halogens is 1. The first kappa shape index (κ1) is 15.8. The van der Waals surface area contributed by atoms with E-state index < -0.39 is 0 Å². The zero-order valence-electron chi connectivity index (χ0n) is 13.4. The second kappa shape index (κ2) is 6.58. The molecular weight excluding hydrogens is 307 g/mol. The number of ether oxygens (including phenoxy) is 1. The molecule has 5 heteroatoms. The van der Waals surface area contributed by atoms with Gasteiger partial charge in [0.2, 0.25) is 0 Å². The Labute approximate surface area is 139 Å². The lowest BCUT2D eigenvalue weighted by molar-refractivity contribution is 0.101. The maximum atomic E-state index is 13.3. The minimum absolute atomic E-state index is 0.235. The molecule has 1 aromatic heterocycles. The Bertz CT molecular complexity index is 887. The molecule has 0 spiro atoms. The van der Waals surface area contributed by atoms with Crippen molar-refractivity contribution in [2.24, 2.45) is 7.05 Å². The molecule has 0 fully saturated rings. The highest BCUT2D eigenvalue weighted by Gasteiger charge is 2.14. The average Bonchev–Trinajstić information content (AvgIpc) is 2.89. The highest BCUT2D eigenvalue weighted by atomic mass is 19.1. The fraction of sp³-hybridized carbons (Fsp3) is 0.105. The van der Waals surface area contributed by atoms with Crippen molar-refractivity contribution >= 4 is 11.6 Å². The molecular formula is C19H17FN2O2.